The van der Waals surface area contributed by atoms with E-state index >= 15 is 0 Å². The number of sulfonamides is 1. The predicted molar refractivity (Wildman–Crippen MR) is 116 cm³/mol. The maximum atomic E-state index is 12.9. The first-order valence-electron chi connectivity index (χ1n) is 9.84. The average Bonchev–Trinajstić information content (AvgIpc) is 3.28. The molecule has 0 aromatic heterocycles. The lowest BCUT2D eigenvalue weighted by Gasteiger charge is -2.17. The molecule has 0 atom stereocenters. The van der Waals surface area contributed by atoms with E-state index in [9.17, 15) is 13.2 Å². The highest BCUT2D eigenvalue weighted by atomic mass is 35.5. The van der Waals surface area contributed by atoms with E-state index in [2.05, 4.69) is 5.32 Å². The number of benzene rings is 2. The van der Waals surface area contributed by atoms with Crippen LogP contribution in [-0.2, 0) is 14.8 Å². The Kier molecular flexibility index (Phi) is 7.71. The Morgan fingerprint density at radius 2 is 1.87 bits per heavy atom. The van der Waals surface area contributed by atoms with Crippen molar-refractivity contribution in [2.24, 2.45) is 0 Å². The number of carbonyl (C=O) groups is 1. The third-order valence-corrected chi connectivity index (χ3v) is 7.07. The number of anilines is 1. The zero-order valence-electron chi connectivity index (χ0n) is 16.8. The van der Waals surface area contributed by atoms with Gasteiger partial charge in [0.2, 0.25) is 10.0 Å². The first-order chi connectivity index (χ1) is 14.4. The number of para-hydroxylation sites is 1. The molecule has 1 aliphatic heterocycles. The molecule has 0 radical (unpaired) electrons. The SMILES string of the molecule is CCOCCOc1ccccc1C(=O)Nc1ccc(Cl)c(S(=O)(=O)N2CCCC2)c1. The minimum Gasteiger partial charge on any atom is -0.490 e. The van der Waals surface area contributed by atoms with Crippen LogP contribution in [0.2, 0.25) is 5.02 Å². The van der Waals surface area contributed by atoms with Crippen molar-refractivity contribution in [3.63, 3.8) is 0 Å². The fraction of sp³-hybridized carbons (Fsp3) is 0.381. The zero-order valence-corrected chi connectivity index (χ0v) is 18.3. The molecule has 0 saturated carbocycles. The molecule has 1 heterocycles. The molecule has 9 heteroatoms. The predicted octanol–water partition coefficient (Wildman–Crippen LogP) is 3.79. The summed E-state index contributed by atoms with van der Waals surface area (Å²) in [6, 6.07) is 11.3. The Bertz CT molecular complexity index is 991. The van der Waals surface area contributed by atoms with Crippen molar-refractivity contribution in [1.29, 1.82) is 0 Å². The molecule has 2 aromatic carbocycles. The summed E-state index contributed by atoms with van der Waals surface area (Å²) in [7, 11) is -3.71. The molecule has 1 N–H and O–H groups in total. The number of amides is 1. The standard InChI is InChI=1S/C21H25ClN2O5S/c1-2-28-13-14-29-19-8-4-3-7-17(19)21(25)23-16-9-10-18(22)20(15-16)30(26,27)24-11-5-6-12-24/h3-4,7-10,15H,2,5-6,11-14H2,1H3,(H,23,25). The molecular weight excluding hydrogens is 428 g/mol. The van der Waals surface area contributed by atoms with Gasteiger partial charge in [0.25, 0.3) is 5.91 Å². The van der Waals surface area contributed by atoms with E-state index in [1.54, 1.807) is 30.3 Å². The Morgan fingerprint density at radius 1 is 1.13 bits per heavy atom. The topological polar surface area (TPSA) is 84.9 Å². The zero-order chi connectivity index (χ0) is 21.6. The van der Waals surface area contributed by atoms with Crippen molar-refractivity contribution < 1.29 is 22.7 Å². The lowest BCUT2D eigenvalue weighted by molar-refractivity contribution is 0.0998. The monoisotopic (exact) mass is 452 g/mol. The van der Waals surface area contributed by atoms with Crippen LogP contribution in [0.15, 0.2) is 47.4 Å². The molecule has 0 unspecified atom stereocenters. The third-order valence-electron chi connectivity index (χ3n) is 4.69. The van der Waals surface area contributed by atoms with Crippen LogP contribution >= 0.6 is 11.6 Å². The molecular formula is C21H25ClN2O5S. The van der Waals surface area contributed by atoms with E-state index in [1.165, 1.54) is 16.4 Å². The summed E-state index contributed by atoms with van der Waals surface area (Å²) in [4.78, 5) is 12.8. The maximum Gasteiger partial charge on any atom is 0.259 e. The van der Waals surface area contributed by atoms with E-state index in [0.29, 0.717) is 49.9 Å². The molecule has 1 saturated heterocycles. The van der Waals surface area contributed by atoms with Gasteiger partial charge in [0, 0.05) is 25.4 Å². The average molecular weight is 453 g/mol. The van der Waals surface area contributed by atoms with Gasteiger partial charge < -0.3 is 14.8 Å². The molecule has 1 fully saturated rings. The van der Waals surface area contributed by atoms with Crippen molar-refractivity contribution >= 4 is 33.2 Å². The first kappa shape index (κ1) is 22.6. The lowest BCUT2D eigenvalue weighted by atomic mass is 10.2. The number of rotatable bonds is 9. The number of ether oxygens (including phenoxy) is 2. The van der Waals surface area contributed by atoms with Gasteiger partial charge in [0.05, 0.1) is 17.2 Å². The van der Waals surface area contributed by atoms with Gasteiger partial charge in [0.1, 0.15) is 17.3 Å². The second-order valence-electron chi connectivity index (χ2n) is 6.75. The Balaban J connectivity index is 1.78. The summed E-state index contributed by atoms with van der Waals surface area (Å²) in [5, 5.41) is 2.86. The van der Waals surface area contributed by atoms with Gasteiger partial charge in [-0.25, -0.2) is 8.42 Å². The van der Waals surface area contributed by atoms with E-state index in [1.807, 2.05) is 6.92 Å². The molecule has 30 heavy (non-hydrogen) atoms. The number of hydrogen-bond acceptors (Lipinski definition) is 5. The Labute approximate surface area is 182 Å². The van der Waals surface area contributed by atoms with Gasteiger partial charge in [0.15, 0.2) is 0 Å². The summed E-state index contributed by atoms with van der Waals surface area (Å²) in [6.07, 6.45) is 1.65. The highest BCUT2D eigenvalue weighted by Crippen LogP contribution is 2.30. The van der Waals surface area contributed by atoms with Crippen molar-refractivity contribution in [2.75, 3.05) is 38.2 Å². The van der Waals surface area contributed by atoms with Gasteiger partial charge in [-0.3, -0.25) is 4.79 Å². The van der Waals surface area contributed by atoms with E-state index in [4.69, 9.17) is 21.1 Å². The lowest BCUT2D eigenvalue weighted by Crippen LogP contribution is -2.28. The molecule has 3 rings (SSSR count). The van der Waals surface area contributed by atoms with Crippen LogP contribution in [0.1, 0.15) is 30.1 Å². The molecule has 7 nitrogen and oxygen atoms in total. The Hall–Kier alpha value is -2.13. The molecule has 0 spiro atoms. The number of halogens is 1. The fourth-order valence-electron chi connectivity index (χ4n) is 3.18. The van der Waals surface area contributed by atoms with E-state index < -0.39 is 15.9 Å². The van der Waals surface area contributed by atoms with Crippen LogP contribution in [0.3, 0.4) is 0 Å². The van der Waals surface area contributed by atoms with E-state index in [-0.39, 0.29) is 9.92 Å². The van der Waals surface area contributed by atoms with Crippen LogP contribution in [-0.4, -0.2) is 51.5 Å². The van der Waals surface area contributed by atoms with Gasteiger partial charge >= 0.3 is 0 Å². The first-order valence-corrected chi connectivity index (χ1v) is 11.7. The highest BCUT2D eigenvalue weighted by Gasteiger charge is 2.29. The van der Waals surface area contributed by atoms with Crippen LogP contribution in [0.5, 0.6) is 5.75 Å². The second-order valence-corrected chi connectivity index (χ2v) is 9.07. The smallest absolute Gasteiger partial charge is 0.259 e. The highest BCUT2D eigenvalue weighted by molar-refractivity contribution is 7.89. The summed E-state index contributed by atoms with van der Waals surface area (Å²) in [5.41, 5.74) is 0.680. The third kappa shape index (κ3) is 5.31. The van der Waals surface area contributed by atoms with E-state index in [0.717, 1.165) is 12.8 Å². The van der Waals surface area contributed by atoms with Gasteiger partial charge in [-0.05, 0) is 50.1 Å². The van der Waals surface area contributed by atoms with Crippen LogP contribution in [0.25, 0.3) is 0 Å². The summed E-state index contributed by atoms with van der Waals surface area (Å²) in [5.74, 6) is 0.0161. The molecule has 2 aromatic rings. The number of nitrogens with one attached hydrogen (secondary N) is 1. The largest absolute Gasteiger partial charge is 0.490 e. The minimum atomic E-state index is -3.71. The van der Waals surface area contributed by atoms with Crippen LogP contribution in [0, 0.1) is 0 Å². The number of nitrogens with zero attached hydrogens (tertiary/aromatic N) is 1. The van der Waals surface area contributed by atoms with Gasteiger partial charge in [-0.2, -0.15) is 4.31 Å². The van der Waals surface area contributed by atoms with Gasteiger partial charge in [-0.1, -0.05) is 23.7 Å². The minimum absolute atomic E-state index is 0.00915. The summed E-state index contributed by atoms with van der Waals surface area (Å²) >= 11 is 6.17. The molecule has 162 valence electrons. The normalized spacial score (nSPS) is 14.6. The maximum absolute atomic E-state index is 12.9. The van der Waals surface area contributed by atoms with Gasteiger partial charge in [-0.15, -0.1) is 0 Å². The van der Waals surface area contributed by atoms with Crippen molar-refractivity contribution in [3.8, 4) is 5.75 Å². The Morgan fingerprint density at radius 3 is 2.60 bits per heavy atom. The van der Waals surface area contributed by atoms with Crippen LogP contribution < -0.4 is 10.1 Å². The van der Waals surface area contributed by atoms with Crippen molar-refractivity contribution in [3.05, 3.63) is 53.1 Å². The van der Waals surface area contributed by atoms with Crippen molar-refractivity contribution in [2.45, 2.75) is 24.7 Å². The molecule has 1 amide bonds. The van der Waals surface area contributed by atoms with Crippen molar-refractivity contribution in [1.82, 2.24) is 4.31 Å². The second kappa shape index (κ2) is 10.3. The summed E-state index contributed by atoms with van der Waals surface area (Å²) in [6.45, 7) is 4.17. The number of carbonyl (C=O) groups excluding carboxylic acids is 1. The van der Waals surface area contributed by atoms with Crippen LogP contribution in [0.4, 0.5) is 5.69 Å². The fourth-order valence-corrected chi connectivity index (χ4v) is 5.20. The molecule has 1 aliphatic rings. The molecule has 0 aliphatic carbocycles. The quantitative estimate of drug-likeness (QED) is 0.585. The molecule has 0 bridgehead atoms. The summed E-state index contributed by atoms with van der Waals surface area (Å²) < 4.78 is 38.1. The number of hydrogen-bond donors (Lipinski definition) is 1.